The maximum absolute atomic E-state index is 10.9. The van der Waals surface area contributed by atoms with Crippen LogP contribution in [0.5, 0.6) is 0 Å². The largest absolute Gasteiger partial charge is 0.399 e. The molecular weight excluding hydrogens is 250 g/mol. The van der Waals surface area contributed by atoms with Crippen molar-refractivity contribution in [1.29, 1.82) is 0 Å². The lowest BCUT2D eigenvalue weighted by Crippen LogP contribution is -2.27. The molecule has 0 atom stereocenters. The normalized spacial score (nSPS) is 11.4. The predicted octanol–water partition coefficient (Wildman–Crippen LogP) is 1.18. The van der Waals surface area contributed by atoms with Gasteiger partial charge in [-0.3, -0.25) is 0 Å². The zero-order valence-corrected chi connectivity index (χ0v) is 11.7. The number of nitrogens with one attached hydrogen (secondary N) is 2. The van der Waals surface area contributed by atoms with Crippen molar-refractivity contribution >= 4 is 21.4 Å². The highest BCUT2D eigenvalue weighted by molar-refractivity contribution is 7.88. The molecule has 1 rings (SSSR count). The Bertz CT molecular complexity index is 486. The van der Waals surface area contributed by atoms with Gasteiger partial charge < -0.3 is 11.1 Å². The van der Waals surface area contributed by atoms with E-state index in [1.54, 1.807) is 0 Å². The predicted molar refractivity (Wildman–Crippen MR) is 76.2 cm³/mol. The Morgan fingerprint density at radius 2 is 2.00 bits per heavy atom. The van der Waals surface area contributed by atoms with Crippen LogP contribution in [0.2, 0.25) is 0 Å². The molecule has 0 amide bonds. The Morgan fingerprint density at radius 1 is 1.28 bits per heavy atom. The van der Waals surface area contributed by atoms with Crippen LogP contribution in [-0.4, -0.2) is 27.8 Å². The van der Waals surface area contributed by atoms with Gasteiger partial charge in [-0.1, -0.05) is 13.3 Å². The van der Waals surface area contributed by atoms with E-state index in [-0.39, 0.29) is 0 Å². The molecule has 102 valence electrons. The van der Waals surface area contributed by atoms with Crippen molar-refractivity contribution in [3.63, 3.8) is 0 Å². The SMILES string of the molecule is CCCc1cc(NCCNS(C)(=O)=O)ccc1N. The van der Waals surface area contributed by atoms with E-state index in [1.165, 1.54) is 0 Å². The van der Waals surface area contributed by atoms with E-state index in [4.69, 9.17) is 5.73 Å². The van der Waals surface area contributed by atoms with Crippen LogP contribution < -0.4 is 15.8 Å². The Hall–Kier alpha value is -1.27. The number of hydrogen-bond donors (Lipinski definition) is 3. The molecule has 0 radical (unpaired) electrons. The van der Waals surface area contributed by atoms with Crippen molar-refractivity contribution in [3.05, 3.63) is 23.8 Å². The average Bonchev–Trinajstić information content (AvgIpc) is 2.28. The zero-order chi connectivity index (χ0) is 13.6. The van der Waals surface area contributed by atoms with E-state index < -0.39 is 10.0 Å². The number of nitrogens with two attached hydrogens (primary N) is 1. The van der Waals surface area contributed by atoms with Crippen molar-refractivity contribution in [2.75, 3.05) is 30.4 Å². The van der Waals surface area contributed by atoms with E-state index >= 15 is 0 Å². The summed E-state index contributed by atoms with van der Waals surface area (Å²) in [5.41, 5.74) is 8.76. The van der Waals surface area contributed by atoms with Gasteiger partial charge in [0.15, 0.2) is 0 Å². The third kappa shape index (κ3) is 5.37. The van der Waals surface area contributed by atoms with Crippen molar-refractivity contribution < 1.29 is 8.42 Å². The minimum absolute atomic E-state index is 0.367. The quantitative estimate of drug-likeness (QED) is 0.513. The molecule has 0 fully saturated rings. The third-order valence-electron chi connectivity index (χ3n) is 2.48. The molecule has 0 heterocycles. The number of anilines is 2. The van der Waals surface area contributed by atoms with Crippen molar-refractivity contribution in [2.24, 2.45) is 0 Å². The number of nitrogen functional groups attached to an aromatic ring is 1. The monoisotopic (exact) mass is 271 g/mol. The van der Waals surface area contributed by atoms with E-state index in [0.29, 0.717) is 13.1 Å². The van der Waals surface area contributed by atoms with Crippen LogP contribution in [0.15, 0.2) is 18.2 Å². The number of rotatable bonds is 7. The van der Waals surface area contributed by atoms with Crippen molar-refractivity contribution in [3.8, 4) is 0 Å². The van der Waals surface area contributed by atoms with E-state index in [0.717, 1.165) is 36.0 Å². The van der Waals surface area contributed by atoms with Crippen molar-refractivity contribution in [1.82, 2.24) is 4.72 Å². The topological polar surface area (TPSA) is 84.2 Å². The highest BCUT2D eigenvalue weighted by Crippen LogP contribution is 2.19. The fourth-order valence-corrected chi connectivity index (χ4v) is 2.12. The van der Waals surface area contributed by atoms with Crippen LogP contribution in [0.25, 0.3) is 0 Å². The molecule has 0 saturated heterocycles. The number of benzene rings is 1. The molecule has 0 unspecified atom stereocenters. The van der Waals surface area contributed by atoms with Gasteiger partial charge in [-0.2, -0.15) is 0 Å². The van der Waals surface area contributed by atoms with Gasteiger partial charge in [-0.05, 0) is 30.2 Å². The summed E-state index contributed by atoms with van der Waals surface area (Å²) in [6.45, 7) is 3.02. The van der Waals surface area contributed by atoms with Crippen LogP contribution >= 0.6 is 0 Å². The minimum Gasteiger partial charge on any atom is -0.399 e. The Labute approximate surface area is 109 Å². The molecule has 0 aliphatic carbocycles. The first-order valence-electron chi connectivity index (χ1n) is 5.99. The summed E-state index contributed by atoms with van der Waals surface area (Å²) < 4.78 is 24.2. The number of sulfonamides is 1. The fourth-order valence-electron chi connectivity index (χ4n) is 1.64. The Kier molecular flexibility index (Phi) is 5.43. The summed E-state index contributed by atoms with van der Waals surface area (Å²) in [4.78, 5) is 0. The molecule has 6 heteroatoms. The first-order valence-corrected chi connectivity index (χ1v) is 7.88. The highest BCUT2D eigenvalue weighted by Gasteiger charge is 2.01. The van der Waals surface area contributed by atoms with Crippen LogP contribution in [0, 0.1) is 0 Å². The summed E-state index contributed by atoms with van der Waals surface area (Å²) in [5.74, 6) is 0. The molecule has 5 nitrogen and oxygen atoms in total. The van der Waals surface area contributed by atoms with Gasteiger partial charge >= 0.3 is 0 Å². The summed E-state index contributed by atoms with van der Waals surface area (Å²) >= 11 is 0. The molecule has 4 N–H and O–H groups in total. The van der Waals surface area contributed by atoms with Gasteiger partial charge in [-0.15, -0.1) is 0 Å². The molecule has 0 spiro atoms. The number of hydrogen-bond acceptors (Lipinski definition) is 4. The van der Waals surface area contributed by atoms with Gasteiger partial charge in [0.05, 0.1) is 6.26 Å². The van der Waals surface area contributed by atoms with Crippen molar-refractivity contribution in [2.45, 2.75) is 19.8 Å². The second-order valence-electron chi connectivity index (χ2n) is 4.26. The first kappa shape index (κ1) is 14.8. The van der Waals surface area contributed by atoms with Crippen LogP contribution in [0.4, 0.5) is 11.4 Å². The molecule has 18 heavy (non-hydrogen) atoms. The van der Waals surface area contributed by atoms with Crippen LogP contribution in [0.3, 0.4) is 0 Å². The standard InChI is InChI=1S/C12H21N3O2S/c1-3-4-10-9-11(5-6-12(10)13)14-7-8-15-18(2,16)17/h5-6,9,14-15H,3-4,7-8,13H2,1-2H3. The van der Waals surface area contributed by atoms with Gasteiger partial charge in [0.25, 0.3) is 0 Å². The lowest BCUT2D eigenvalue weighted by molar-refractivity contribution is 0.589. The molecule has 0 saturated carbocycles. The molecule has 1 aromatic carbocycles. The lowest BCUT2D eigenvalue weighted by Gasteiger charge is -2.10. The summed E-state index contributed by atoms with van der Waals surface area (Å²) in [6, 6.07) is 5.78. The second-order valence-corrected chi connectivity index (χ2v) is 6.09. The molecule has 0 bridgehead atoms. The molecule has 0 aliphatic rings. The van der Waals surface area contributed by atoms with Crippen LogP contribution in [-0.2, 0) is 16.4 Å². The van der Waals surface area contributed by atoms with E-state index in [1.807, 2.05) is 18.2 Å². The van der Waals surface area contributed by atoms with Gasteiger partial charge in [0.2, 0.25) is 10.0 Å². The summed E-state index contributed by atoms with van der Waals surface area (Å²) in [6.07, 6.45) is 3.14. The molecular formula is C12H21N3O2S. The molecule has 0 aromatic heterocycles. The van der Waals surface area contributed by atoms with E-state index in [9.17, 15) is 8.42 Å². The molecule has 0 aliphatic heterocycles. The van der Waals surface area contributed by atoms with E-state index in [2.05, 4.69) is 17.0 Å². The van der Waals surface area contributed by atoms with Gasteiger partial charge in [0, 0.05) is 24.5 Å². The third-order valence-corrected chi connectivity index (χ3v) is 3.21. The highest BCUT2D eigenvalue weighted by atomic mass is 32.2. The Morgan fingerprint density at radius 3 is 2.61 bits per heavy atom. The van der Waals surface area contributed by atoms with Gasteiger partial charge in [-0.25, -0.2) is 13.1 Å². The van der Waals surface area contributed by atoms with Crippen LogP contribution in [0.1, 0.15) is 18.9 Å². The average molecular weight is 271 g/mol. The lowest BCUT2D eigenvalue weighted by atomic mass is 10.1. The smallest absolute Gasteiger partial charge is 0.208 e. The molecule has 1 aromatic rings. The fraction of sp³-hybridized carbons (Fsp3) is 0.500. The summed E-state index contributed by atoms with van der Waals surface area (Å²) in [7, 11) is -3.11. The minimum atomic E-state index is -3.11. The maximum atomic E-state index is 10.9. The maximum Gasteiger partial charge on any atom is 0.208 e. The zero-order valence-electron chi connectivity index (χ0n) is 10.9. The van der Waals surface area contributed by atoms with Gasteiger partial charge in [0.1, 0.15) is 0 Å². The summed E-state index contributed by atoms with van der Waals surface area (Å²) in [5, 5.41) is 3.16. The Balaban J connectivity index is 2.50. The first-order chi connectivity index (χ1) is 8.42. The number of aryl methyl sites for hydroxylation is 1. The second kappa shape index (κ2) is 6.61.